The first-order chi connectivity index (χ1) is 26.6. The Balaban J connectivity index is 0.000000189. The summed E-state index contributed by atoms with van der Waals surface area (Å²) in [5, 5.41) is 28.6. The van der Waals surface area contributed by atoms with Crippen molar-refractivity contribution < 1.29 is 33.8 Å². The van der Waals surface area contributed by atoms with E-state index in [9.17, 15) is 33.8 Å². The maximum absolute atomic E-state index is 14.2. The molecule has 0 saturated heterocycles. The number of halogens is 3. The topological polar surface area (TPSA) is 171 Å². The Labute approximate surface area is 336 Å². The van der Waals surface area contributed by atoms with Crippen molar-refractivity contribution in [1.29, 1.82) is 0 Å². The van der Waals surface area contributed by atoms with Gasteiger partial charge in [0.1, 0.15) is 5.82 Å². The normalized spacial score (nSPS) is 15.9. The third kappa shape index (κ3) is 9.47. The van der Waals surface area contributed by atoms with Gasteiger partial charge in [-0.05, 0) is 68.3 Å². The molecule has 0 unspecified atom stereocenters. The summed E-state index contributed by atoms with van der Waals surface area (Å²) >= 11 is 11.2. The van der Waals surface area contributed by atoms with Crippen LogP contribution in [0.1, 0.15) is 96.8 Å². The second-order valence-electron chi connectivity index (χ2n) is 14.0. The number of fused-ring (bicyclic) bond motifs is 4. The lowest BCUT2D eigenvalue weighted by Crippen LogP contribution is -2.26. The van der Waals surface area contributed by atoms with Crippen LogP contribution in [0.3, 0.4) is 0 Å². The number of aliphatic hydroxyl groups excluding tert-OH is 2. The lowest BCUT2D eigenvalue weighted by molar-refractivity contribution is 0.0976. The van der Waals surface area contributed by atoms with Crippen LogP contribution in [0.4, 0.5) is 21.5 Å². The monoisotopic (exact) mass is 804 g/mol. The number of aliphatic hydroxyl groups is 2. The maximum Gasteiger partial charge on any atom is 0.197 e. The number of benzene rings is 4. The molecule has 0 aliphatic heterocycles. The zero-order chi connectivity index (χ0) is 39.2. The molecule has 0 bridgehead atoms. The van der Waals surface area contributed by atoms with Gasteiger partial charge in [-0.15, -0.1) is 23.2 Å². The Morgan fingerprint density at radius 2 is 0.946 bits per heavy atom. The fraction of sp³-hybridized carbons (Fsp3) is 0.349. The molecule has 296 valence electrons. The molecule has 4 aromatic rings. The average Bonchev–Trinajstić information content (AvgIpc) is 4.16. The minimum Gasteiger partial charge on any atom is -0.390 e. The smallest absolute Gasteiger partial charge is 0.197 e. The first kappa shape index (κ1) is 42.5. The van der Waals surface area contributed by atoms with Gasteiger partial charge < -0.3 is 31.9 Å². The Hall–Kier alpha value is -4.65. The molecular weight excluding hydrogens is 758 g/mol. The molecule has 0 aromatic heterocycles. The largest absolute Gasteiger partial charge is 0.390 e. The van der Waals surface area contributed by atoms with Crippen molar-refractivity contribution in [2.75, 3.05) is 53.9 Å². The van der Waals surface area contributed by atoms with Crippen LogP contribution in [-0.4, -0.2) is 83.5 Å². The van der Waals surface area contributed by atoms with Crippen LogP contribution in [0.25, 0.3) is 0 Å². The fourth-order valence-electron chi connectivity index (χ4n) is 6.34. The van der Waals surface area contributed by atoms with Crippen LogP contribution >= 0.6 is 23.2 Å². The number of hydrogen-bond acceptors (Lipinski definition) is 10. The number of nitrogens with one attached hydrogen (secondary N) is 3. The Morgan fingerprint density at radius 1 is 0.589 bits per heavy atom. The van der Waals surface area contributed by atoms with Gasteiger partial charge in [-0.2, -0.15) is 0 Å². The number of nitrogens with two attached hydrogens (primary N) is 1. The average molecular weight is 806 g/mol. The molecule has 4 aromatic carbocycles. The van der Waals surface area contributed by atoms with Gasteiger partial charge in [-0.25, -0.2) is 4.39 Å². The third-order valence-electron chi connectivity index (χ3n) is 9.82. The van der Waals surface area contributed by atoms with Gasteiger partial charge in [0.2, 0.25) is 0 Å². The van der Waals surface area contributed by atoms with Crippen LogP contribution in [0.2, 0.25) is 0 Å². The first-order valence-electron chi connectivity index (χ1n) is 18.3. The molecule has 2 fully saturated rings. The molecule has 4 aliphatic carbocycles. The minimum absolute atomic E-state index is 0. The third-order valence-corrected chi connectivity index (χ3v) is 10.5. The van der Waals surface area contributed by atoms with E-state index in [0.29, 0.717) is 45.2 Å². The lowest BCUT2D eigenvalue weighted by Gasteiger charge is -2.24. The maximum atomic E-state index is 14.2. The van der Waals surface area contributed by atoms with E-state index in [1.165, 1.54) is 37.8 Å². The molecule has 0 radical (unpaired) electrons. The molecule has 0 spiro atoms. The van der Waals surface area contributed by atoms with Gasteiger partial charge in [0.15, 0.2) is 23.1 Å². The summed E-state index contributed by atoms with van der Waals surface area (Å²) in [5.41, 5.74) is 8.58. The number of anilines is 3. The summed E-state index contributed by atoms with van der Waals surface area (Å²) in [7, 11) is 0. The highest BCUT2D eigenvalue weighted by atomic mass is 35.5. The predicted molar refractivity (Wildman–Crippen MR) is 220 cm³/mol. The van der Waals surface area contributed by atoms with E-state index in [-0.39, 0.29) is 66.1 Å². The molecule has 4 aliphatic rings. The minimum atomic E-state index is -0.820. The van der Waals surface area contributed by atoms with Crippen molar-refractivity contribution in [2.24, 2.45) is 17.6 Å². The molecule has 13 heteroatoms. The summed E-state index contributed by atoms with van der Waals surface area (Å²) in [6, 6.07) is 19.4. The van der Waals surface area contributed by atoms with Crippen LogP contribution in [0.15, 0.2) is 72.8 Å². The van der Waals surface area contributed by atoms with E-state index in [4.69, 9.17) is 28.9 Å². The van der Waals surface area contributed by atoms with Gasteiger partial charge in [0, 0.05) is 59.0 Å². The quantitative estimate of drug-likeness (QED) is 0.0716. The summed E-state index contributed by atoms with van der Waals surface area (Å²) < 4.78 is 14.2. The lowest BCUT2D eigenvalue weighted by atomic mass is 9.82. The van der Waals surface area contributed by atoms with Gasteiger partial charge in [0.05, 0.1) is 46.2 Å². The molecule has 8 rings (SSSR count). The molecule has 7 N–H and O–H groups in total. The van der Waals surface area contributed by atoms with E-state index >= 15 is 0 Å². The molecule has 56 heavy (non-hydrogen) atoms. The SMILES string of the molecule is C.NCC1CC1.O=C1c2ccccc2C(=O)c2c(NC[C@H](O)CCl)ccc(F)c21.O=C1c2ccccc2C(=O)c2c(NC[C@H](O)CCl)ccc(NCC3CC3)c21. The van der Waals surface area contributed by atoms with Crippen molar-refractivity contribution in [3.8, 4) is 0 Å². The standard InChI is InChI=1S/C21H21ClN2O3.C17H13ClFNO3.C4H9N.CH4/c22-9-13(25)11-24-17-8-7-16(23-10-12-5-6-12)18-19(17)21(27)15-4-2-1-3-14(15)20(18)26;18-7-9(21)8-20-13-6-5-12(19)14-15(13)17(23)11-4-2-1-3-10(11)16(14)22;5-3-4-1-2-4;/h1-4,7-8,12-13,23-25H,5-6,9-11H2;1-6,9,20-21H,7-8H2;4H,1-3,5H2;1H4/t13-;9-;;/m11../s1. The molecular formula is C43H47Cl2FN4O6. The number of carbonyl (C=O) groups excluding carboxylic acids is 4. The zero-order valence-corrected chi connectivity index (χ0v) is 31.6. The fourth-order valence-corrected chi connectivity index (χ4v) is 6.56. The number of alkyl halides is 2. The van der Waals surface area contributed by atoms with E-state index in [1.807, 2.05) is 6.07 Å². The van der Waals surface area contributed by atoms with Crippen molar-refractivity contribution in [3.63, 3.8) is 0 Å². The highest BCUT2D eigenvalue weighted by molar-refractivity contribution is 6.32. The van der Waals surface area contributed by atoms with Crippen LogP contribution in [0.5, 0.6) is 0 Å². The zero-order valence-electron chi connectivity index (χ0n) is 30.0. The molecule has 0 amide bonds. The predicted octanol–water partition coefficient (Wildman–Crippen LogP) is 6.90. The number of rotatable bonds is 12. The van der Waals surface area contributed by atoms with Crippen LogP contribution in [0, 0.1) is 17.7 Å². The van der Waals surface area contributed by atoms with Gasteiger partial charge in [0.25, 0.3) is 0 Å². The van der Waals surface area contributed by atoms with E-state index in [1.54, 1.807) is 48.5 Å². The number of carbonyl (C=O) groups is 4. The number of ketones is 4. The van der Waals surface area contributed by atoms with Gasteiger partial charge in [-0.1, -0.05) is 56.0 Å². The summed E-state index contributed by atoms with van der Waals surface area (Å²) in [6.45, 7) is 2.01. The summed E-state index contributed by atoms with van der Waals surface area (Å²) in [5.74, 6) is -0.354. The number of hydrogen-bond donors (Lipinski definition) is 6. The molecule has 10 nitrogen and oxygen atoms in total. The Morgan fingerprint density at radius 3 is 1.30 bits per heavy atom. The molecule has 2 atom stereocenters. The van der Waals surface area contributed by atoms with Crippen molar-refractivity contribution >= 4 is 63.4 Å². The molecule has 2 saturated carbocycles. The van der Waals surface area contributed by atoms with E-state index < -0.39 is 29.6 Å². The Kier molecular flexibility index (Phi) is 14.4. The first-order valence-corrected chi connectivity index (χ1v) is 19.4. The van der Waals surface area contributed by atoms with Crippen molar-refractivity contribution in [1.82, 2.24) is 0 Å². The van der Waals surface area contributed by atoms with Crippen LogP contribution < -0.4 is 21.7 Å². The van der Waals surface area contributed by atoms with Crippen molar-refractivity contribution in [2.45, 2.75) is 45.3 Å². The summed E-state index contributed by atoms with van der Waals surface area (Å²) in [4.78, 5) is 51.6. The second kappa shape index (κ2) is 19.0. The summed E-state index contributed by atoms with van der Waals surface area (Å²) in [6.07, 6.45) is 3.60. The van der Waals surface area contributed by atoms with E-state index in [2.05, 4.69) is 16.0 Å². The van der Waals surface area contributed by atoms with Gasteiger partial charge in [-0.3, -0.25) is 19.2 Å². The van der Waals surface area contributed by atoms with E-state index in [0.717, 1.165) is 25.1 Å². The second-order valence-corrected chi connectivity index (χ2v) is 14.7. The molecule has 0 heterocycles. The highest BCUT2D eigenvalue weighted by Gasteiger charge is 2.35. The van der Waals surface area contributed by atoms with Crippen molar-refractivity contribution in [3.05, 3.63) is 123 Å². The van der Waals surface area contributed by atoms with Gasteiger partial charge >= 0.3 is 0 Å². The Bertz CT molecular complexity index is 2100. The highest BCUT2D eigenvalue weighted by Crippen LogP contribution is 2.38. The van der Waals surface area contributed by atoms with Crippen LogP contribution in [-0.2, 0) is 0 Å².